The van der Waals surface area contributed by atoms with Gasteiger partial charge in [0.2, 0.25) is 0 Å². The van der Waals surface area contributed by atoms with Crippen molar-refractivity contribution in [1.82, 2.24) is 30.0 Å². The highest BCUT2D eigenvalue weighted by atomic mass is 16.5. The van der Waals surface area contributed by atoms with Crippen molar-refractivity contribution < 1.29 is 19.1 Å². The quantitative estimate of drug-likeness (QED) is 0.166. The van der Waals surface area contributed by atoms with E-state index in [0.717, 1.165) is 99.4 Å². The van der Waals surface area contributed by atoms with Crippen molar-refractivity contribution in [3.8, 4) is 0 Å². The average molecular weight is 731 g/mol. The number of likely N-dealkylation sites (N-methyl/N-ethyl adjacent to an activating group) is 2. The molecule has 0 amide bonds. The molecule has 2 aliphatic heterocycles. The summed E-state index contributed by atoms with van der Waals surface area (Å²) in [6.45, 7) is 24.1. The van der Waals surface area contributed by atoms with Gasteiger partial charge in [-0.15, -0.1) is 0 Å². The van der Waals surface area contributed by atoms with Crippen LogP contribution in [0.2, 0.25) is 0 Å². The highest BCUT2D eigenvalue weighted by molar-refractivity contribution is 5.70. The first-order valence-corrected chi connectivity index (χ1v) is 19.4. The lowest BCUT2D eigenvalue weighted by Gasteiger charge is -2.28. The number of aromatic nitrogens is 4. The Labute approximate surface area is 316 Å². The van der Waals surface area contributed by atoms with Crippen molar-refractivity contribution in [3.63, 3.8) is 0 Å². The number of nitrogens with zero attached hydrogens (tertiary/aromatic N) is 7. The van der Waals surface area contributed by atoms with Gasteiger partial charge in [0, 0.05) is 80.6 Å². The summed E-state index contributed by atoms with van der Waals surface area (Å²) in [5, 5.41) is 8.08. The number of nitrogens with one attached hydrogen (secondary N) is 1. The molecule has 290 valence electrons. The van der Waals surface area contributed by atoms with E-state index in [1.165, 1.54) is 0 Å². The molecule has 53 heavy (non-hydrogen) atoms. The third kappa shape index (κ3) is 11.7. The van der Waals surface area contributed by atoms with Crippen LogP contribution in [-0.2, 0) is 45.4 Å². The fraction of sp³-hybridized carbons (Fsp3) is 0.634. The minimum absolute atomic E-state index is 0.110. The van der Waals surface area contributed by atoms with Crippen LogP contribution in [0, 0.1) is 10.8 Å². The maximum atomic E-state index is 12.4. The molecule has 3 aromatic heterocycles. The summed E-state index contributed by atoms with van der Waals surface area (Å²) in [7, 11) is 0. The summed E-state index contributed by atoms with van der Waals surface area (Å²) in [6.07, 6.45) is 6.48. The summed E-state index contributed by atoms with van der Waals surface area (Å²) in [5.74, 6) is 1.45. The molecule has 1 N–H and O–H groups in total. The Morgan fingerprint density at radius 3 is 1.70 bits per heavy atom. The van der Waals surface area contributed by atoms with Gasteiger partial charge in [0.05, 0.1) is 18.5 Å². The monoisotopic (exact) mass is 730 g/mol. The van der Waals surface area contributed by atoms with E-state index >= 15 is 0 Å². The Balaban J connectivity index is 1.13. The molecule has 1 unspecified atom stereocenters. The van der Waals surface area contributed by atoms with Gasteiger partial charge in [-0.3, -0.25) is 24.5 Å². The number of hydrogen-bond donors (Lipinski definition) is 1. The Kier molecular flexibility index (Phi) is 13.5. The van der Waals surface area contributed by atoms with Crippen LogP contribution >= 0.6 is 0 Å². The van der Waals surface area contributed by atoms with Crippen molar-refractivity contribution >= 4 is 23.6 Å². The Hall–Kier alpha value is -4.03. The number of carbonyl (C=O) groups excluding carboxylic acids is 2. The second-order valence-corrected chi connectivity index (χ2v) is 17.1. The van der Waals surface area contributed by atoms with E-state index in [2.05, 4.69) is 44.6 Å². The Morgan fingerprint density at radius 2 is 1.25 bits per heavy atom. The lowest BCUT2D eigenvalue weighted by Crippen LogP contribution is -2.37. The van der Waals surface area contributed by atoms with Crippen LogP contribution in [0.1, 0.15) is 104 Å². The van der Waals surface area contributed by atoms with Crippen LogP contribution in [0.4, 0.5) is 11.6 Å². The summed E-state index contributed by atoms with van der Waals surface area (Å²) in [6, 6.07) is 10.8. The van der Waals surface area contributed by atoms with Crippen LogP contribution in [0.3, 0.4) is 0 Å². The van der Waals surface area contributed by atoms with Crippen molar-refractivity contribution in [2.75, 3.05) is 49.1 Å². The summed E-state index contributed by atoms with van der Waals surface area (Å²) in [5.41, 5.74) is 3.84. The van der Waals surface area contributed by atoms with Gasteiger partial charge in [-0.2, -0.15) is 5.10 Å². The summed E-state index contributed by atoms with van der Waals surface area (Å²) >= 11 is 0. The SMILES string of the molecule is CCN(Cc1cc(CN(CC)[C@@H]2CCN(c3ncccc3COC(=O)CC(C)(C)C)C2)n[nH]1)C1CCN(c2ncccc2COC(=O)CC(C)(C)C)C1. The first-order chi connectivity index (χ1) is 25.2. The van der Waals surface area contributed by atoms with Crippen molar-refractivity contribution in [2.45, 2.75) is 119 Å². The van der Waals surface area contributed by atoms with E-state index in [4.69, 9.17) is 24.5 Å². The van der Waals surface area contributed by atoms with Gasteiger partial charge in [-0.25, -0.2) is 9.97 Å². The van der Waals surface area contributed by atoms with Crippen LogP contribution in [0.15, 0.2) is 42.7 Å². The van der Waals surface area contributed by atoms with Gasteiger partial charge in [-0.1, -0.05) is 67.5 Å². The smallest absolute Gasteiger partial charge is 0.306 e. The van der Waals surface area contributed by atoms with Crippen LogP contribution in [0.25, 0.3) is 0 Å². The Bertz CT molecular complexity index is 1530. The molecule has 12 nitrogen and oxygen atoms in total. The van der Waals surface area contributed by atoms with Gasteiger partial charge >= 0.3 is 11.9 Å². The number of H-pyrrole nitrogens is 1. The molecule has 0 radical (unpaired) electrons. The lowest BCUT2D eigenvalue weighted by atomic mass is 9.92. The molecule has 2 fully saturated rings. The molecule has 0 spiro atoms. The summed E-state index contributed by atoms with van der Waals surface area (Å²) in [4.78, 5) is 43.9. The number of rotatable bonds is 16. The third-order valence-corrected chi connectivity index (χ3v) is 10.1. The predicted octanol–water partition coefficient (Wildman–Crippen LogP) is 6.36. The molecule has 2 saturated heterocycles. The number of anilines is 2. The van der Waals surface area contributed by atoms with Crippen LogP contribution < -0.4 is 9.80 Å². The molecule has 12 heteroatoms. The third-order valence-electron chi connectivity index (χ3n) is 10.1. The van der Waals surface area contributed by atoms with Crippen LogP contribution in [0.5, 0.6) is 0 Å². The van der Waals surface area contributed by atoms with Gasteiger partial charge < -0.3 is 19.3 Å². The number of carbonyl (C=O) groups is 2. The molecule has 5 heterocycles. The molecular weight excluding hydrogens is 669 g/mol. The molecule has 5 rings (SSSR count). The van der Waals surface area contributed by atoms with Gasteiger partial charge in [0.25, 0.3) is 0 Å². The number of aromatic amines is 1. The maximum Gasteiger partial charge on any atom is 0.306 e. The topological polar surface area (TPSA) is 120 Å². The highest BCUT2D eigenvalue weighted by Gasteiger charge is 2.32. The minimum Gasteiger partial charge on any atom is -0.461 e. The van der Waals surface area contributed by atoms with Gasteiger partial charge in [0.15, 0.2) is 0 Å². The molecule has 0 aliphatic carbocycles. The molecule has 0 bridgehead atoms. The number of esters is 2. The molecule has 0 aromatic carbocycles. The van der Waals surface area contributed by atoms with Crippen molar-refractivity contribution in [1.29, 1.82) is 0 Å². The zero-order valence-electron chi connectivity index (χ0n) is 33.4. The van der Waals surface area contributed by atoms with Gasteiger partial charge in [0.1, 0.15) is 24.8 Å². The minimum atomic E-state index is -0.180. The Morgan fingerprint density at radius 1 is 0.774 bits per heavy atom. The zero-order valence-corrected chi connectivity index (χ0v) is 33.4. The maximum absolute atomic E-state index is 12.4. The average Bonchev–Trinajstić information content (AvgIpc) is 3.88. The fourth-order valence-corrected chi connectivity index (χ4v) is 7.40. The van der Waals surface area contributed by atoms with E-state index in [1.807, 2.05) is 78.2 Å². The standard InChI is InChI=1S/C41H62N8O4/c1-9-46(34-15-19-48(26-34)38-30(13-11-17-42-38)28-52-36(50)22-40(3,4)5)24-32-21-33(45-44-32)25-47(10-2)35-16-20-49(27-35)39-31(14-12-18-43-39)29-53-37(51)23-41(6,7)8/h11-14,17-18,21,34-35H,9-10,15-16,19-20,22-29H2,1-8H3,(H,44,45)/t34-,35?/m1/s1. The highest BCUT2D eigenvalue weighted by Crippen LogP contribution is 2.29. The molecule has 2 aliphatic rings. The second-order valence-electron chi connectivity index (χ2n) is 17.1. The van der Waals surface area contributed by atoms with E-state index in [0.29, 0.717) is 24.9 Å². The normalized spacial score (nSPS) is 18.0. The second kappa shape index (κ2) is 17.9. The van der Waals surface area contributed by atoms with Crippen molar-refractivity contribution in [3.05, 3.63) is 65.2 Å². The molecule has 2 atom stereocenters. The van der Waals surface area contributed by atoms with E-state index in [1.54, 1.807) is 0 Å². The molecule has 3 aromatic rings. The summed E-state index contributed by atoms with van der Waals surface area (Å²) < 4.78 is 11.3. The lowest BCUT2D eigenvalue weighted by molar-refractivity contribution is -0.148. The van der Waals surface area contributed by atoms with Gasteiger partial charge in [-0.05, 0) is 55.0 Å². The van der Waals surface area contributed by atoms with E-state index in [-0.39, 0.29) is 36.0 Å². The van der Waals surface area contributed by atoms with Crippen molar-refractivity contribution in [2.24, 2.45) is 10.8 Å². The fourth-order valence-electron chi connectivity index (χ4n) is 7.40. The predicted molar refractivity (Wildman–Crippen MR) is 208 cm³/mol. The number of ether oxygens (including phenoxy) is 2. The molecular formula is C41H62N8O4. The largest absolute Gasteiger partial charge is 0.461 e. The molecule has 0 saturated carbocycles. The van der Waals surface area contributed by atoms with E-state index in [9.17, 15) is 9.59 Å². The van der Waals surface area contributed by atoms with Crippen LogP contribution in [-0.4, -0.2) is 93.3 Å². The number of hydrogen-bond acceptors (Lipinski definition) is 11. The first-order valence-electron chi connectivity index (χ1n) is 19.4. The van der Waals surface area contributed by atoms with E-state index < -0.39 is 0 Å². The first kappa shape index (κ1) is 40.2. The number of pyridine rings is 2. The zero-order chi connectivity index (χ0) is 38.2.